The summed E-state index contributed by atoms with van der Waals surface area (Å²) in [6.07, 6.45) is 3.77. The normalized spacial score (nSPS) is 32.7. The minimum absolute atomic E-state index is 0.0164. The molecule has 34 heavy (non-hydrogen) atoms. The fourth-order valence-corrected chi connectivity index (χ4v) is 5.16. The summed E-state index contributed by atoms with van der Waals surface area (Å²) < 4.78 is 5.84. The highest BCUT2D eigenvalue weighted by atomic mass is 32.1. The molecule has 6 atom stereocenters. The van der Waals surface area contributed by atoms with Gasteiger partial charge in [-0.1, -0.05) is 39.3 Å². The van der Waals surface area contributed by atoms with Crippen LogP contribution in [0.15, 0.2) is 22.6 Å². The van der Waals surface area contributed by atoms with Crippen molar-refractivity contribution in [1.29, 1.82) is 0 Å². The molecule has 0 fully saturated rings. The van der Waals surface area contributed by atoms with Crippen molar-refractivity contribution in [3.8, 4) is 0 Å². The monoisotopic (exact) mass is 493 g/mol. The van der Waals surface area contributed by atoms with Crippen LogP contribution in [0.3, 0.4) is 0 Å². The van der Waals surface area contributed by atoms with Crippen molar-refractivity contribution in [2.24, 2.45) is 17.3 Å². The van der Waals surface area contributed by atoms with Gasteiger partial charge in [0.15, 0.2) is 0 Å². The Balaban J connectivity index is 2.32. The number of allylic oxidation sites excluding steroid dienone is 1. The van der Waals surface area contributed by atoms with Crippen molar-refractivity contribution in [3.05, 3.63) is 33.3 Å². The van der Waals surface area contributed by atoms with Gasteiger partial charge in [0.2, 0.25) is 0 Å². The third-order valence-corrected chi connectivity index (χ3v) is 8.10. The summed E-state index contributed by atoms with van der Waals surface area (Å²) in [5, 5.41) is 35.7. The van der Waals surface area contributed by atoms with Crippen molar-refractivity contribution in [2.45, 2.75) is 105 Å². The van der Waals surface area contributed by atoms with E-state index in [1.165, 1.54) is 5.57 Å². The van der Waals surface area contributed by atoms with E-state index in [0.717, 1.165) is 35.5 Å². The van der Waals surface area contributed by atoms with E-state index < -0.39 is 41.7 Å². The molecule has 0 aliphatic carbocycles. The number of ether oxygens (including phenoxy) is 1. The first-order valence-electron chi connectivity index (χ1n) is 12.3. The number of aliphatic hydroxyl groups excluding tert-OH is 3. The number of aromatic nitrogens is 1. The average molecular weight is 494 g/mol. The average Bonchev–Trinajstić information content (AvgIpc) is 3.18. The Bertz CT molecular complexity index is 874. The van der Waals surface area contributed by atoms with Crippen molar-refractivity contribution < 1.29 is 24.9 Å². The highest BCUT2D eigenvalue weighted by Crippen LogP contribution is 2.35. The first-order valence-corrected chi connectivity index (χ1v) is 13.2. The van der Waals surface area contributed by atoms with Gasteiger partial charge >= 0.3 is 5.97 Å². The number of carbonyl (C=O) groups is 1. The number of rotatable bonds is 2. The number of nitrogens with zero attached hydrogens (tertiary/aromatic N) is 1. The van der Waals surface area contributed by atoms with Crippen LogP contribution in [0.1, 0.15) is 84.3 Å². The van der Waals surface area contributed by atoms with Gasteiger partial charge in [-0.05, 0) is 57.6 Å². The SMILES string of the molecule is CC1=CC[C@@H](C(C)=Cc2csc(C)n2)OC(=O)CC(O)C(C)(C)[C@H](O)[C@H](C)[C@@H](O)[C@@H](C)CCC1. The molecular formula is C27H43NO5S. The molecule has 2 rings (SSSR count). The van der Waals surface area contributed by atoms with Crippen molar-refractivity contribution in [2.75, 3.05) is 0 Å². The fraction of sp³-hybridized carbons (Fsp3) is 0.704. The van der Waals surface area contributed by atoms with E-state index in [9.17, 15) is 20.1 Å². The number of aryl methyl sites for hydroxylation is 1. The predicted octanol–water partition coefficient (Wildman–Crippen LogP) is 5.06. The summed E-state index contributed by atoms with van der Waals surface area (Å²) in [5.74, 6) is -0.942. The van der Waals surface area contributed by atoms with Gasteiger partial charge in [0.25, 0.3) is 0 Å². The lowest BCUT2D eigenvalue weighted by atomic mass is 9.71. The van der Waals surface area contributed by atoms with Gasteiger partial charge in [0, 0.05) is 23.1 Å². The topological polar surface area (TPSA) is 99.9 Å². The van der Waals surface area contributed by atoms with E-state index in [-0.39, 0.29) is 12.3 Å². The van der Waals surface area contributed by atoms with Crippen LogP contribution in [0.25, 0.3) is 6.08 Å². The molecule has 192 valence electrons. The molecule has 6 nitrogen and oxygen atoms in total. The Kier molecular flexibility index (Phi) is 10.5. The van der Waals surface area contributed by atoms with Crippen LogP contribution in [-0.2, 0) is 9.53 Å². The van der Waals surface area contributed by atoms with Gasteiger partial charge in [0.05, 0.1) is 35.4 Å². The maximum absolute atomic E-state index is 12.9. The lowest BCUT2D eigenvalue weighted by Crippen LogP contribution is -2.48. The molecule has 1 aliphatic heterocycles. The number of thiazole rings is 1. The first kappa shape index (κ1) is 28.7. The van der Waals surface area contributed by atoms with Crippen molar-refractivity contribution >= 4 is 23.4 Å². The minimum atomic E-state index is -1.11. The lowest BCUT2D eigenvalue weighted by Gasteiger charge is -2.40. The molecule has 3 N–H and O–H groups in total. The summed E-state index contributed by atoms with van der Waals surface area (Å²) in [7, 11) is 0. The number of aliphatic hydroxyl groups is 3. The molecule has 0 aromatic carbocycles. The molecule has 1 aliphatic rings. The Morgan fingerprint density at radius 1 is 1.24 bits per heavy atom. The Hall–Kier alpha value is -1.54. The molecule has 0 amide bonds. The minimum Gasteiger partial charge on any atom is -0.457 e. The number of cyclic esters (lactones) is 1. The first-order chi connectivity index (χ1) is 15.8. The third-order valence-electron chi connectivity index (χ3n) is 7.31. The Labute approximate surface area is 208 Å². The second-order valence-electron chi connectivity index (χ2n) is 10.6. The highest BCUT2D eigenvalue weighted by Gasteiger charge is 2.42. The van der Waals surface area contributed by atoms with Crippen LogP contribution >= 0.6 is 11.3 Å². The molecular weight excluding hydrogens is 450 g/mol. The van der Waals surface area contributed by atoms with Crippen LogP contribution in [0, 0.1) is 24.2 Å². The molecule has 0 radical (unpaired) electrons. The highest BCUT2D eigenvalue weighted by molar-refractivity contribution is 7.09. The van der Waals surface area contributed by atoms with Gasteiger partial charge < -0.3 is 20.1 Å². The van der Waals surface area contributed by atoms with Crippen LogP contribution in [0.2, 0.25) is 0 Å². The summed E-state index contributed by atoms with van der Waals surface area (Å²) in [4.78, 5) is 17.3. The number of hydrogen-bond acceptors (Lipinski definition) is 7. The second-order valence-corrected chi connectivity index (χ2v) is 11.7. The van der Waals surface area contributed by atoms with Crippen molar-refractivity contribution in [3.63, 3.8) is 0 Å². The zero-order valence-corrected chi connectivity index (χ0v) is 22.6. The summed E-state index contributed by atoms with van der Waals surface area (Å²) in [5.41, 5.74) is 1.95. The molecule has 0 spiro atoms. The number of esters is 1. The van der Waals surface area contributed by atoms with Gasteiger partial charge in [0.1, 0.15) is 6.10 Å². The van der Waals surface area contributed by atoms with Gasteiger partial charge in [-0.15, -0.1) is 11.3 Å². The van der Waals surface area contributed by atoms with Crippen molar-refractivity contribution in [1.82, 2.24) is 4.98 Å². The van der Waals surface area contributed by atoms with Crippen LogP contribution in [0.5, 0.6) is 0 Å². The largest absolute Gasteiger partial charge is 0.457 e. The lowest BCUT2D eigenvalue weighted by molar-refractivity contribution is -0.155. The molecule has 0 saturated heterocycles. The van der Waals surface area contributed by atoms with Crippen LogP contribution in [0.4, 0.5) is 0 Å². The van der Waals surface area contributed by atoms with E-state index in [0.29, 0.717) is 6.42 Å². The molecule has 7 heteroatoms. The Morgan fingerprint density at radius 3 is 2.53 bits per heavy atom. The summed E-state index contributed by atoms with van der Waals surface area (Å²) >= 11 is 1.57. The third kappa shape index (κ3) is 7.74. The smallest absolute Gasteiger partial charge is 0.309 e. The molecule has 1 aromatic heterocycles. The molecule has 0 saturated carbocycles. The van der Waals surface area contributed by atoms with Gasteiger partial charge in [-0.2, -0.15) is 0 Å². The van der Waals surface area contributed by atoms with E-state index in [1.54, 1.807) is 32.1 Å². The van der Waals surface area contributed by atoms with Gasteiger partial charge in [-0.3, -0.25) is 4.79 Å². The van der Waals surface area contributed by atoms with E-state index in [1.807, 2.05) is 32.2 Å². The molecule has 1 unspecified atom stereocenters. The second kappa shape index (κ2) is 12.4. The zero-order valence-electron chi connectivity index (χ0n) is 21.7. The quantitative estimate of drug-likeness (QED) is 0.393. The van der Waals surface area contributed by atoms with E-state index >= 15 is 0 Å². The van der Waals surface area contributed by atoms with Gasteiger partial charge in [-0.25, -0.2) is 4.98 Å². The summed E-state index contributed by atoms with van der Waals surface area (Å²) in [6.45, 7) is 13.2. The van der Waals surface area contributed by atoms with Crippen LogP contribution < -0.4 is 0 Å². The van der Waals surface area contributed by atoms with E-state index in [4.69, 9.17) is 4.74 Å². The summed E-state index contributed by atoms with van der Waals surface area (Å²) in [6, 6.07) is 0. The number of hydrogen-bond donors (Lipinski definition) is 3. The molecule has 1 aromatic rings. The van der Waals surface area contributed by atoms with Crippen LogP contribution in [-0.4, -0.2) is 50.7 Å². The zero-order chi connectivity index (χ0) is 25.6. The standard InChI is InChI=1S/C27H43NO5S/c1-16-9-8-10-17(2)25(31)19(4)26(32)27(6,7)23(29)14-24(30)33-22(12-11-16)18(3)13-21-15-34-20(5)28-21/h11,13,15,17,19,22-23,25-26,29,31-32H,8-10,12,14H2,1-7H3/t17-,19+,22-,23?,25-,26+/m0/s1. The maximum atomic E-state index is 12.9. The fourth-order valence-electron chi connectivity index (χ4n) is 4.59. The Morgan fingerprint density at radius 2 is 1.91 bits per heavy atom. The maximum Gasteiger partial charge on any atom is 0.309 e. The molecule has 0 bridgehead atoms. The molecule has 2 heterocycles. The van der Waals surface area contributed by atoms with E-state index in [2.05, 4.69) is 18.0 Å². The predicted molar refractivity (Wildman–Crippen MR) is 137 cm³/mol. The number of carbonyl (C=O) groups excluding carboxylic acids is 1.